The number of halogens is 1. The largest absolute Gasteiger partial charge is 0.493 e. The van der Waals surface area contributed by atoms with Crippen molar-refractivity contribution in [3.63, 3.8) is 0 Å². The Hall–Kier alpha value is -3.09. The number of hydrogen-bond acceptors (Lipinski definition) is 5. The van der Waals surface area contributed by atoms with E-state index in [1.54, 1.807) is 12.0 Å². The third kappa shape index (κ3) is 4.41. The van der Waals surface area contributed by atoms with Gasteiger partial charge in [0.1, 0.15) is 12.3 Å². The molecule has 33 heavy (non-hydrogen) atoms. The molecule has 1 aromatic heterocycles. The van der Waals surface area contributed by atoms with Crippen molar-refractivity contribution < 1.29 is 14.3 Å². The van der Waals surface area contributed by atoms with Gasteiger partial charge < -0.3 is 14.4 Å². The van der Waals surface area contributed by atoms with Crippen LogP contribution in [-0.2, 0) is 6.54 Å². The van der Waals surface area contributed by atoms with Gasteiger partial charge in [-0.1, -0.05) is 35.9 Å². The lowest BCUT2D eigenvalue weighted by molar-refractivity contribution is 0.0992. The maximum atomic E-state index is 13.2. The van der Waals surface area contributed by atoms with Gasteiger partial charge >= 0.3 is 0 Å². The van der Waals surface area contributed by atoms with Crippen molar-refractivity contribution in [1.29, 1.82) is 0 Å². The van der Waals surface area contributed by atoms with Crippen molar-refractivity contribution in [2.75, 3.05) is 38.3 Å². The average Bonchev–Trinajstić information content (AvgIpc) is 3.47. The molecule has 2 aliphatic heterocycles. The highest BCUT2D eigenvalue weighted by Crippen LogP contribution is 2.36. The van der Waals surface area contributed by atoms with Crippen LogP contribution in [0.15, 0.2) is 54.6 Å². The third-order valence-electron chi connectivity index (χ3n) is 6.23. The third-order valence-corrected chi connectivity index (χ3v) is 6.56. The Kier molecular flexibility index (Phi) is 6.20. The van der Waals surface area contributed by atoms with Crippen molar-refractivity contribution in [3.05, 3.63) is 70.9 Å². The number of benzene rings is 2. The minimum Gasteiger partial charge on any atom is -0.493 e. The molecule has 1 fully saturated rings. The number of carbonyl (C=O) groups is 1. The fourth-order valence-electron chi connectivity index (χ4n) is 4.43. The van der Waals surface area contributed by atoms with E-state index in [-0.39, 0.29) is 5.91 Å². The monoisotopic (exact) mass is 463 g/mol. The Morgan fingerprint density at radius 1 is 1.03 bits per heavy atom. The van der Waals surface area contributed by atoms with Crippen LogP contribution in [0.25, 0.3) is 11.3 Å². The number of likely N-dealkylation sites (tertiary alicyclic amines) is 1. The number of nitrogens with zero attached hydrogens (tertiary/aromatic N) is 3. The van der Waals surface area contributed by atoms with Gasteiger partial charge in [0.2, 0.25) is 0 Å². The quantitative estimate of drug-likeness (QED) is 0.491. The maximum Gasteiger partial charge on any atom is 0.277 e. The number of ether oxygens (including phenoxy) is 2. The highest BCUT2D eigenvalue weighted by atomic mass is 35.5. The van der Waals surface area contributed by atoms with Crippen LogP contribution in [0, 0.1) is 0 Å². The lowest BCUT2D eigenvalue weighted by atomic mass is 10.1. The molecule has 170 valence electrons. The molecule has 6 nitrogen and oxygen atoms in total. The summed E-state index contributed by atoms with van der Waals surface area (Å²) in [5.41, 5.74) is 3.60. The van der Waals surface area contributed by atoms with Gasteiger partial charge in [0.05, 0.1) is 19.3 Å². The van der Waals surface area contributed by atoms with Crippen molar-refractivity contribution in [3.8, 4) is 22.8 Å². The molecule has 0 N–H and O–H groups in total. The van der Waals surface area contributed by atoms with Crippen molar-refractivity contribution in [2.45, 2.75) is 19.4 Å². The molecule has 7 heteroatoms. The number of anilines is 1. The summed E-state index contributed by atoms with van der Waals surface area (Å²) >= 11 is 6.33. The first-order chi connectivity index (χ1) is 16.1. The summed E-state index contributed by atoms with van der Waals surface area (Å²) in [4.78, 5) is 22.0. The van der Waals surface area contributed by atoms with Crippen LogP contribution >= 0.6 is 11.6 Å². The number of aromatic nitrogens is 1. The molecule has 2 aliphatic rings. The highest BCUT2D eigenvalue weighted by molar-refractivity contribution is 6.33. The number of pyridine rings is 1. The number of carbonyl (C=O) groups excluding carboxylic acids is 1. The van der Waals surface area contributed by atoms with Crippen LogP contribution in [0.3, 0.4) is 0 Å². The fraction of sp³-hybridized carbons (Fsp3) is 0.308. The Morgan fingerprint density at radius 3 is 2.64 bits per heavy atom. The van der Waals surface area contributed by atoms with E-state index in [1.165, 1.54) is 12.8 Å². The lowest BCUT2D eigenvalue weighted by Crippen LogP contribution is -2.25. The van der Waals surface area contributed by atoms with Gasteiger partial charge in [0, 0.05) is 34.4 Å². The molecule has 0 atom stereocenters. The summed E-state index contributed by atoms with van der Waals surface area (Å²) in [5.74, 6) is 1.16. The van der Waals surface area contributed by atoms with Gasteiger partial charge in [-0.05, 0) is 50.2 Å². The molecule has 1 amide bonds. The first-order valence-corrected chi connectivity index (χ1v) is 11.6. The summed E-state index contributed by atoms with van der Waals surface area (Å²) < 4.78 is 11.5. The number of fused-ring (bicyclic) bond motifs is 1. The molecule has 0 aliphatic carbocycles. The molecule has 1 saturated heterocycles. The van der Waals surface area contributed by atoms with E-state index in [0.717, 1.165) is 36.4 Å². The predicted molar refractivity (Wildman–Crippen MR) is 129 cm³/mol. The number of rotatable bonds is 7. The normalized spacial score (nSPS) is 15.7. The maximum absolute atomic E-state index is 13.2. The van der Waals surface area contributed by atoms with Crippen molar-refractivity contribution in [1.82, 2.24) is 9.88 Å². The number of amides is 1. The highest BCUT2D eigenvalue weighted by Gasteiger charge is 2.31. The zero-order valence-electron chi connectivity index (χ0n) is 18.6. The first kappa shape index (κ1) is 21.7. The molecular weight excluding hydrogens is 438 g/mol. The predicted octanol–water partition coefficient (Wildman–Crippen LogP) is 5.05. The standard InChI is InChI=1S/C26H26ClN3O3/c1-32-24-16-19(9-11-23(24)33-15-14-29-12-4-5-13-29)30-17-18-8-10-22(28-25(18)26(30)31)20-6-2-3-7-21(20)27/h2-3,6-11,16H,4-5,12-15,17H2,1H3. The Balaban J connectivity index is 1.33. The minimum absolute atomic E-state index is 0.136. The Morgan fingerprint density at radius 2 is 1.85 bits per heavy atom. The zero-order chi connectivity index (χ0) is 22.8. The van der Waals surface area contributed by atoms with Gasteiger partial charge in [-0.2, -0.15) is 0 Å². The number of hydrogen-bond donors (Lipinski definition) is 0. The minimum atomic E-state index is -0.136. The molecule has 0 unspecified atom stereocenters. The molecule has 0 saturated carbocycles. The fourth-order valence-corrected chi connectivity index (χ4v) is 4.67. The SMILES string of the molecule is COc1cc(N2Cc3ccc(-c4ccccc4Cl)nc3C2=O)ccc1OCCN1CCCC1. The molecule has 3 heterocycles. The van der Waals surface area contributed by atoms with Crippen LogP contribution in [0.5, 0.6) is 11.5 Å². The molecule has 5 rings (SSSR count). The first-order valence-electron chi connectivity index (χ1n) is 11.2. The van der Waals surface area contributed by atoms with Gasteiger partial charge in [0.25, 0.3) is 5.91 Å². The Bertz CT molecular complexity index is 1180. The molecule has 3 aromatic rings. The summed E-state index contributed by atoms with van der Waals surface area (Å²) in [5, 5.41) is 0.609. The molecule has 0 spiro atoms. The second-order valence-corrected chi connectivity index (χ2v) is 8.71. The molecule has 2 aromatic carbocycles. The van der Waals surface area contributed by atoms with Gasteiger partial charge in [-0.25, -0.2) is 4.98 Å². The lowest BCUT2D eigenvalue weighted by Gasteiger charge is -2.19. The van der Waals surface area contributed by atoms with Gasteiger partial charge in [-0.15, -0.1) is 0 Å². The second kappa shape index (κ2) is 9.41. The van der Waals surface area contributed by atoms with Gasteiger partial charge in [-0.3, -0.25) is 9.69 Å². The summed E-state index contributed by atoms with van der Waals surface area (Å²) in [6, 6.07) is 17.0. The number of methoxy groups -OCH3 is 1. The Labute approximate surface area is 198 Å². The van der Waals surface area contributed by atoms with Crippen LogP contribution in [0.4, 0.5) is 5.69 Å². The topological polar surface area (TPSA) is 54.9 Å². The summed E-state index contributed by atoms with van der Waals surface area (Å²) in [6.07, 6.45) is 2.53. The summed E-state index contributed by atoms with van der Waals surface area (Å²) in [6.45, 7) is 4.26. The van der Waals surface area contributed by atoms with E-state index in [9.17, 15) is 4.79 Å². The van der Waals surface area contributed by atoms with Crippen LogP contribution < -0.4 is 14.4 Å². The zero-order valence-corrected chi connectivity index (χ0v) is 19.3. The van der Waals surface area contributed by atoms with E-state index >= 15 is 0 Å². The van der Waals surface area contributed by atoms with Crippen molar-refractivity contribution >= 4 is 23.2 Å². The van der Waals surface area contributed by atoms with Gasteiger partial charge in [0.15, 0.2) is 11.5 Å². The van der Waals surface area contributed by atoms with E-state index in [0.29, 0.717) is 41.1 Å². The summed E-state index contributed by atoms with van der Waals surface area (Å²) in [7, 11) is 1.62. The average molecular weight is 464 g/mol. The molecule has 0 bridgehead atoms. The van der Waals surface area contributed by atoms with Crippen LogP contribution in [0.2, 0.25) is 5.02 Å². The van der Waals surface area contributed by atoms with Crippen LogP contribution in [0.1, 0.15) is 28.9 Å². The molecular formula is C26H26ClN3O3. The smallest absolute Gasteiger partial charge is 0.277 e. The second-order valence-electron chi connectivity index (χ2n) is 8.31. The van der Waals surface area contributed by atoms with E-state index in [1.807, 2.05) is 54.6 Å². The van der Waals surface area contributed by atoms with E-state index in [4.69, 9.17) is 21.1 Å². The van der Waals surface area contributed by atoms with E-state index in [2.05, 4.69) is 9.88 Å². The van der Waals surface area contributed by atoms with Crippen LogP contribution in [-0.4, -0.2) is 49.1 Å². The van der Waals surface area contributed by atoms with E-state index < -0.39 is 0 Å². The molecule has 0 radical (unpaired) electrons. The van der Waals surface area contributed by atoms with Crippen molar-refractivity contribution in [2.24, 2.45) is 0 Å².